The van der Waals surface area contributed by atoms with E-state index in [4.69, 9.17) is 4.74 Å². The minimum Gasteiger partial charge on any atom is -0.497 e. The molecule has 3 nitrogen and oxygen atoms in total. The second-order valence-electron chi connectivity index (χ2n) is 4.02. The van der Waals surface area contributed by atoms with Crippen molar-refractivity contribution in [1.29, 1.82) is 0 Å². The molecule has 109 valence electrons. The molecule has 0 spiro atoms. The maximum absolute atomic E-state index is 12.7. The summed E-state index contributed by atoms with van der Waals surface area (Å²) in [5, 5.41) is 0. The van der Waals surface area contributed by atoms with Crippen LogP contribution in [-0.2, 0) is 39.3 Å². The SMILES string of the molecule is COc1ccc(-c2[c-]cc(I)c(=O)n2CC(F)F)cc1.[Y]. The van der Waals surface area contributed by atoms with Crippen LogP contribution in [0.5, 0.6) is 5.75 Å². The molecular weight excluding hydrogens is 468 g/mol. The quantitative estimate of drug-likeness (QED) is 0.499. The van der Waals surface area contributed by atoms with Gasteiger partial charge in [-0.2, -0.15) is 12.1 Å². The molecule has 0 atom stereocenters. The Morgan fingerprint density at radius 2 is 1.95 bits per heavy atom. The Morgan fingerprint density at radius 1 is 1.33 bits per heavy atom. The Labute approximate surface area is 159 Å². The van der Waals surface area contributed by atoms with E-state index in [1.807, 2.05) is 22.6 Å². The predicted octanol–water partition coefficient (Wildman–Crippen LogP) is 3.19. The maximum atomic E-state index is 12.7. The standard InChI is InChI=1S/C14H11F2INO2.Y/c1-20-10-4-2-9(3-5-10)12-7-6-11(17)14(19)18(12)8-13(15)16;/h2-6,13H,8H2,1H3;/q-1;. The smallest absolute Gasteiger partial charge is 0.256 e. The van der Waals surface area contributed by atoms with Crippen molar-refractivity contribution in [3.8, 4) is 17.0 Å². The van der Waals surface area contributed by atoms with Crippen LogP contribution in [0.4, 0.5) is 8.78 Å². The van der Waals surface area contributed by atoms with E-state index in [2.05, 4.69) is 6.07 Å². The number of ether oxygens (including phenoxy) is 1. The van der Waals surface area contributed by atoms with Crippen LogP contribution in [0.15, 0.2) is 35.1 Å². The van der Waals surface area contributed by atoms with Gasteiger partial charge < -0.3 is 9.30 Å². The van der Waals surface area contributed by atoms with Crippen LogP contribution in [-0.4, -0.2) is 18.1 Å². The minimum atomic E-state index is -2.60. The molecule has 0 amide bonds. The van der Waals surface area contributed by atoms with E-state index < -0.39 is 18.5 Å². The molecule has 0 N–H and O–H groups in total. The van der Waals surface area contributed by atoms with Crippen molar-refractivity contribution in [1.82, 2.24) is 4.57 Å². The predicted molar refractivity (Wildman–Crippen MR) is 80.2 cm³/mol. The Bertz CT molecular complexity index is 659. The van der Waals surface area contributed by atoms with E-state index in [1.165, 1.54) is 6.07 Å². The molecule has 21 heavy (non-hydrogen) atoms. The molecule has 1 heterocycles. The maximum Gasteiger partial charge on any atom is 0.256 e. The first kappa shape index (κ1) is 18.7. The molecule has 0 aliphatic heterocycles. The number of benzene rings is 1. The zero-order valence-electron chi connectivity index (χ0n) is 11.1. The fraction of sp³-hybridized carbons (Fsp3) is 0.214. The fourth-order valence-electron chi connectivity index (χ4n) is 1.80. The number of rotatable bonds is 4. The van der Waals surface area contributed by atoms with Gasteiger partial charge in [-0.05, 0) is 15.7 Å². The summed E-state index contributed by atoms with van der Waals surface area (Å²) in [6.45, 7) is -0.645. The second kappa shape index (κ2) is 8.34. The molecule has 1 aromatic heterocycles. The number of alkyl halides is 2. The number of halogens is 3. The number of methoxy groups -OCH3 is 1. The molecule has 0 bridgehead atoms. The van der Waals surface area contributed by atoms with E-state index in [1.54, 1.807) is 31.4 Å². The molecular formula is C14H11F2INO2Y-. The molecule has 0 aliphatic carbocycles. The van der Waals surface area contributed by atoms with Crippen molar-refractivity contribution >= 4 is 22.6 Å². The van der Waals surface area contributed by atoms with Gasteiger partial charge in [-0.1, -0.05) is 11.3 Å². The van der Waals surface area contributed by atoms with Gasteiger partial charge in [0, 0.05) is 32.7 Å². The van der Waals surface area contributed by atoms with E-state index >= 15 is 0 Å². The third-order valence-corrected chi connectivity index (χ3v) is 3.51. The average Bonchev–Trinajstić information content (AvgIpc) is 2.44. The topological polar surface area (TPSA) is 31.2 Å². The van der Waals surface area contributed by atoms with Crippen LogP contribution in [0.25, 0.3) is 11.3 Å². The summed E-state index contributed by atoms with van der Waals surface area (Å²) in [7, 11) is 1.54. The van der Waals surface area contributed by atoms with Gasteiger partial charge in [0.25, 0.3) is 6.43 Å². The number of aromatic nitrogens is 1. The molecule has 1 aromatic carbocycles. The van der Waals surface area contributed by atoms with Crippen LogP contribution in [0.1, 0.15) is 0 Å². The largest absolute Gasteiger partial charge is 0.497 e. The Balaban J connectivity index is 0.00000220. The number of pyridine rings is 1. The Hall–Kier alpha value is -0.336. The zero-order valence-corrected chi connectivity index (χ0v) is 16.1. The first-order chi connectivity index (χ1) is 9.52. The van der Waals surface area contributed by atoms with Gasteiger partial charge in [0.15, 0.2) is 0 Å². The van der Waals surface area contributed by atoms with Crippen molar-refractivity contribution in [2.24, 2.45) is 0 Å². The number of hydrogen-bond acceptors (Lipinski definition) is 2. The third-order valence-electron chi connectivity index (χ3n) is 2.74. The van der Waals surface area contributed by atoms with Gasteiger partial charge in [0.1, 0.15) is 5.75 Å². The zero-order chi connectivity index (χ0) is 14.7. The summed E-state index contributed by atoms with van der Waals surface area (Å²) in [5.41, 5.74) is 0.550. The monoisotopic (exact) mass is 479 g/mol. The van der Waals surface area contributed by atoms with Gasteiger partial charge in [-0.15, -0.1) is 34.7 Å². The van der Waals surface area contributed by atoms with Crippen molar-refractivity contribution in [3.63, 3.8) is 0 Å². The van der Waals surface area contributed by atoms with E-state index in [0.717, 1.165) is 4.57 Å². The molecule has 0 saturated heterocycles. The Kier molecular flexibility index (Phi) is 7.43. The van der Waals surface area contributed by atoms with Crippen LogP contribution >= 0.6 is 22.6 Å². The van der Waals surface area contributed by atoms with E-state index in [9.17, 15) is 13.6 Å². The van der Waals surface area contributed by atoms with Gasteiger partial charge >= 0.3 is 0 Å². The molecule has 0 unspecified atom stereocenters. The van der Waals surface area contributed by atoms with Gasteiger partial charge in [-0.3, -0.25) is 4.79 Å². The minimum absolute atomic E-state index is 0. The van der Waals surface area contributed by atoms with Crippen molar-refractivity contribution < 1.29 is 46.2 Å². The summed E-state index contributed by atoms with van der Waals surface area (Å²) in [5.74, 6) is 0.655. The third kappa shape index (κ3) is 4.56. The molecule has 2 aromatic rings. The van der Waals surface area contributed by atoms with Gasteiger partial charge in [-0.25, -0.2) is 8.78 Å². The summed E-state index contributed by atoms with van der Waals surface area (Å²) >= 11 is 1.81. The normalized spacial score (nSPS) is 10.3. The van der Waals surface area contributed by atoms with Crippen molar-refractivity contribution in [3.05, 3.63) is 50.3 Å². The van der Waals surface area contributed by atoms with E-state index in [-0.39, 0.29) is 32.7 Å². The van der Waals surface area contributed by atoms with Crippen molar-refractivity contribution in [2.75, 3.05) is 7.11 Å². The summed E-state index contributed by atoms with van der Waals surface area (Å²) in [6.07, 6.45) is -2.60. The molecule has 1 radical (unpaired) electrons. The second-order valence-corrected chi connectivity index (χ2v) is 5.18. The summed E-state index contributed by atoms with van der Waals surface area (Å²) in [6, 6.07) is 11.2. The first-order valence-corrected chi connectivity index (χ1v) is 6.84. The van der Waals surface area contributed by atoms with E-state index in [0.29, 0.717) is 20.6 Å². The molecule has 0 fully saturated rings. The summed E-state index contributed by atoms with van der Waals surface area (Å²) in [4.78, 5) is 12.0. The molecule has 0 aliphatic rings. The van der Waals surface area contributed by atoms with Gasteiger partial charge in [0.05, 0.1) is 13.7 Å². The van der Waals surface area contributed by atoms with Crippen molar-refractivity contribution in [2.45, 2.75) is 13.0 Å². The number of nitrogens with zero attached hydrogens (tertiary/aromatic N) is 1. The molecule has 7 heteroatoms. The van der Waals surface area contributed by atoms with Crippen LogP contribution in [0.3, 0.4) is 0 Å². The molecule has 2 rings (SSSR count). The van der Waals surface area contributed by atoms with Crippen LogP contribution < -0.4 is 10.3 Å². The van der Waals surface area contributed by atoms with Crippen LogP contribution in [0, 0.1) is 9.64 Å². The number of hydrogen-bond donors (Lipinski definition) is 0. The summed E-state index contributed by atoms with van der Waals surface area (Å²) < 4.78 is 31.8. The molecule has 0 saturated carbocycles. The van der Waals surface area contributed by atoms with Crippen LogP contribution in [0.2, 0.25) is 0 Å². The Morgan fingerprint density at radius 3 is 2.48 bits per heavy atom. The first-order valence-electron chi connectivity index (χ1n) is 5.76. The van der Waals surface area contributed by atoms with Gasteiger partial charge in [0.2, 0.25) is 5.56 Å². The fourth-order valence-corrected chi connectivity index (χ4v) is 2.25. The average molecular weight is 479 g/mol.